The summed E-state index contributed by atoms with van der Waals surface area (Å²) in [7, 11) is -0.400. The van der Waals surface area contributed by atoms with Gasteiger partial charge >= 0.3 is 0 Å². The van der Waals surface area contributed by atoms with Gasteiger partial charge in [0.15, 0.2) is 0 Å². The molecular weight excluding hydrogens is 364 g/mol. The summed E-state index contributed by atoms with van der Waals surface area (Å²) in [6, 6.07) is 3.53. The van der Waals surface area contributed by atoms with Crippen molar-refractivity contribution >= 4 is 10.2 Å². The summed E-state index contributed by atoms with van der Waals surface area (Å²) in [6.45, 7) is 5.33. The van der Waals surface area contributed by atoms with Gasteiger partial charge in [-0.2, -0.15) is 22.1 Å². The second kappa shape index (κ2) is 8.04. The molecule has 0 radical (unpaired) electrons. The Morgan fingerprint density at radius 3 is 2.74 bits per heavy atom. The van der Waals surface area contributed by atoms with Crippen molar-refractivity contribution in [2.45, 2.75) is 52.1 Å². The highest BCUT2D eigenvalue weighted by molar-refractivity contribution is 7.86. The zero-order chi connectivity index (χ0) is 19.6. The zero-order valence-corrected chi connectivity index (χ0v) is 17.3. The van der Waals surface area contributed by atoms with E-state index in [9.17, 15) is 8.42 Å². The average Bonchev–Trinajstić information content (AvgIpc) is 3.10. The fraction of sp³-hybridized carbons (Fsp3) is 0.611. The Balaban J connectivity index is 2.03. The fourth-order valence-electron chi connectivity index (χ4n) is 3.46. The van der Waals surface area contributed by atoms with Crippen molar-refractivity contribution in [2.75, 3.05) is 20.6 Å². The van der Waals surface area contributed by atoms with E-state index >= 15 is 0 Å². The van der Waals surface area contributed by atoms with Crippen molar-refractivity contribution in [1.29, 1.82) is 0 Å². The van der Waals surface area contributed by atoms with Crippen molar-refractivity contribution in [2.24, 2.45) is 0 Å². The minimum atomic E-state index is -3.52. The van der Waals surface area contributed by atoms with Crippen molar-refractivity contribution in [3.8, 4) is 11.4 Å². The van der Waals surface area contributed by atoms with Crippen LogP contribution in [-0.2, 0) is 16.8 Å². The third kappa shape index (κ3) is 4.04. The van der Waals surface area contributed by atoms with Gasteiger partial charge in [-0.3, -0.25) is 4.68 Å². The van der Waals surface area contributed by atoms with E-state index in [0.29, 0.717) is 12.4 Å². The summed E-state index contributed by atoms with van der Waals surface area (Å²) < 4.78 is 30.3. The molecule has 2 aromatic rings. The summed E-state index contributed by atoms with van der Waals surface area (Å²) in [5.74, 6) is 0.569. The first-order valence-electron chi connectivity index (χ1n) is 9.41. The van der Waals surface area contributed by atoms with Gasteiger partial charge in [-0.05, 0) is 38.3 Å². The highest BCUT2D eigenvalue weighted by atomic mass is 32.2. The number of piperidine rings is 1. The largest absolute Gasteiger partial charge is 0.282 e. The molecule has 1 fully saturated rings. The van der Waals surface area contributed by atoms with E-state index in [0.717, 1.165) is 49.3 Å². The monoisotopic (exact) mass is 392 g/mol. The molecule has 0 amide bonds. The topological polar surface area (TPSA) is 84.2 Å². The van der Waals surface area contributed by atoms with Gasteiger partial charge in [0.2, 0.25) is 0 Å². The van der Waals surface area contributed by atoms with Crippen LogP contribution in [0, 0.1) is 6.92 Å². The SMILES string of the molecule is CCCn1nccc1-c1cc(C)nc(C2CCCCN2S(=O)(=O)N(C)C)n1. The molecule has 0 bridgehead atoms. The summed E-state index contributed by atoms with van der Waals surface area (Å²) in [5, 5.41) is 4.37. The Hall–Kier alpha value is -1.84. The molecule has 1 saturated heterocycles. The van der Waals surface area contributed by atoms with E-state index in [1.54, 1.807) is 24.6 Å². The molecule has 3 heterocycles. The van der Waals surface area contributed by atoms with Crippen molar-refractivity contribution in [3.05, 3.63) is 29.8 Å². The van der Waals surface area contributed by atoms with Gasteiger partial charge in [0.05, 0.1) is 17.4 Å². The molecule has 3 rings (SSSR count). The van der Waals surface area contributed by atoms with E-state index in [1.807, 2.05) is 23.7 Å². The molecule has 1 aliphatic heterocycles. The second-order valence-corrected chi connectivity index (χ2v) is 9.20. The lowest BCUT2D eigenvalue weighted by molar-refractivity contribution is 0.234. The van der Waals surface area contributed by atoms with Crippen molar-refractivity contribution < 1.29 is 8.42 Å². The highest BCUT2D eigenvalue weighted by Gasteiger charge is 2.36. The molecule has 148 valence electrons. The predicted octanol–water partition coefficient (Wildman–Crippen LogP) is 2.39. The molecule has 0 aromatic carbocycles. The van der Waals surface area contributed by atoms with E-state index in [4.69, 9.17) is 4.98 Å². The summed E-state index contributed by atoms with van der Waals surface area (Å²) in [6.07, 6.45) is 5.29. The molecule has 27 heavy (non-hydrogen) atoms. The Kier molecular flexibility index (Phi) is 5.92. The number of hydrogen-bond acceptors (Lipinski definition) is 5. The standard InChI is InChI=1S/C18H28N6O2S/c1-5-11-23-16(9-10-19-23)15-13-14(2)20-18(21-15)17-8-6-7-12-24(17)27(25,26)22(3)4/h9-10,13,17H,5-8,11-12H2,1-4H3. The molecule has 0 aliphatic carbocycles. The molecule has 0 saturated carbocycles. The van der Waals surface area contributed by atoms with Gasteiger partial charge in [-0.15, -0.1) is 0 Å². The Morgan fingerprint density at radius 1 is 1.26 bits per heavy atom. The third-order valence-electron chi connectivity index (χ3n) is 4.80. The molecule has 0 N–H and O–H groups in total. The lowest BCUT2D eigenvalue weighted by Crippen LogP contribution is -2.45. The highest BCUT2D eigenvalue weighted by Crippen LogP contribution is 2.33. The van der Waals surface area contributed by atoms with Gasteiger partial charge < -0.3 is 0 Å². The van der Waals surface area contributed by atoms with Gasteiger partial charge in [0.1, 0.15) is 5.82 Å². The molecule has 1 aliphatic rings. The summed E-state index contributed by atoms with van der Waals surface area (Å²) in [4.78, 5) is 9.37. The number of aromatic nitrogens is 4. The maximum atomic E-state index is 12.8. The maximum absolute atomic E-state index is 12.8. The minimum absolute atomic E-state index is 0.340. The lowest BCUT2D eigenvalue weighted by Gasteiger charge is -2.35. The predicted molar refractivity (Wildman–Crippen MR) is 104 cm³/mol. The van der Waals surface area contributed by atoms with Gasteiger partial charge in [-0.1, -0.05) is 13.3 Å². The number of hydrogen-bond donors (Lipinski definition) is 0. The first-order chi connectivity index (χ1) is 12.8. The molecule has 1 unspecified atom stereocenters. The normalized spacial score (nSPS) is 18.9. The first-order valence-corrected chi connectivity index (χ1v) is 10.8. The Bertz CT molecular complexity index is 893. The van der Waals surface area contributed by atoms with Crippen LogP contribution in [-0.4, -0.2) is 57.4 Å². The molecule has 9 heteroatoms. The number of nitrogens with zero attached hydrogens (tertiary/aromatic N) is 6. The van der Waals surface area contributed by atoms with E-state index in [2.05, 4.69) is 17.0 Å². The molecule has 1 atom stereocenters. The van der Waals surface area contributed by atoms with Crippen LogP contribution in [0.1, 0.15) is 50.2 Å². The van der Waals surface area contributed by atoms with E-state index in [-0.39, 0.29) is 6.04 Å². The fourth-order valence-corrected chi connectivity index (χ4v) is 4.76. The third-order valence-corrected chi connectivity index (χ3v) is 6.75. The first kappa shape index (κ1) is 19.9. The van der Waals surface area contributed by atoms with Gasteiger partial charge in [-0.25, -0.2) is 9.97 Å². The number of rotatable bonds is 6. The van der Waals surface area contributed by atoms with E-state index in [1.165, 1.54) is 4.31 Å². The van der Waals surface area contributed by atoms with Crippen LogP contribution >= 0.6 is 0 Å². The Labute approximate surface area is 161 Å². The zero-order valence-electron chi connectivity index (χ0n) is 16.5. The van der Waals surface area contributed by atoms with E-state index < -0.39 is 10.2 Å². The smallest absolute Gasteiger partial charge is 0.263 e. The van der Waals surface area contributed by atoms with Gasteiger partial charge in [0, 0.05) is 39.1 Å². The molecule has 8 nitrogen and oxygen atoms in total. The van der Waals surface area contributed by atoms with Crippen LogP contribution in [0.4, 0.5) is 0 Å². The summed E-state index contributed by atoms with van der Waals surface area (Å²) >= 11 is 0. The van der Waals surface area contributed by atoms with Crippen LogP contribution in [0.5, 0.6) is 0 Å². The van der Waals surface area contributed by atoms with Crippen LogP contribution < -0.4 is 0 Å². The second-order valence-electron chi connectivity index (χ2n) is 7.10. The van der Waals surface area contributed by atoms with Crippen LogP contribution in [0.15, 0.2) is 18.3 Å². The minimum Gasteiger partial charge on any atom is -0.263 e. The maximum Gasteiger partial charge on any atom is 0.282 e. The van der Waals surface area contributed by atoms with Crippen molar-refractivity contribution in [3.63, 3.8) is 0 Å². The van der Waals surface area contributed by atoms with Gasteiger partial charge in [0.25, 0.3) is 10.2 Å². The lowest BCUT2D eigenvalue weighted by atomic mass is 10.0. The average molecular weight is 393 g/mol. The van der Waals surface area contributed by atoms with Crippen LogP contribution in [0.2, 0.25) is 0 Å². The molecule has 2 aromatic heterocycles. The van der Waals surface area contributed by atoms with Crippen LogP contribution in [0.25, 0.3) is 11.4 Å². The van der Waals surface area contributed by atoms with Crippen molar-refractivity contribution in [1.82, 2.24) is 28.4 Å². The summed E-state index contributed by atoms with van der Waals surface area (Å²) in [5.41, 5.74) is 2.55. The molecular formula is C18H28N6O2S. The van der Waals surface area contributed by atoms with Crippen LogP contribution in [0.3, 0.4) is 0 Å². The Morgan fingerprint density at radius 2 is 2.04 bits per heavy atom. The number of aryl methyl sites for hydroxylation is 2. The molecule has 0 spiro atoms. The quantitative estimate of drug-likeness (QED) is 0.754.